The van der Waals surface area contributed by atoms with Crippen molar-refractivity contribution < 1.29 is 9.90 Å². The minimum absolute atomic E-state index is 0.396. The molecule has 1 aliphatic heterocycles. The van der Waals surface area contributed by atoms with Crippen molar-refractivity contribution in [2.24, 2.45) is 0 Å². The largest absolute Gasteiger partial charge is 0.478 e. The number of carboxylic acid groups (broad SMARTS) is 1. The first-order valence-corrected chi connectivity index (χ1v) is 7.97. The normalized spacial score (nSPS) is 16.2. The highest BCUT2D eigenvalue weighted by Gasteiger charge is 2.16. The molecule has 0 unspecified atom stereocenters. The molecule has 0 atom stereocenters. The average molecular weight is 301 g/mol. The molecule has 5 heteroatoms. The van der Waals surface area contributed by atoms with Crippen molar-refractivity contribution in [2.75, 3.05) is 32.7 Å². The molecule has 2 N–H and O–H groups in total. The van der Waals surface area contributed by atoms with Crippen LogP contribution in [-0.2, 0) is 13.0 Å². The highest BCUT2D eigenvalue weighted by Crippen LogP contribution is 2.25. The van der Waals surface area contributed by atoms with E-state index in [9.17, 15) is 9.90 Å². The number of carbonyl (C=O) groups is 1. The third-order valence-corrected chi connectivity index (χ3v) is 4.46. The summed E-state index contributed by atoms with van der Waals surface area (Å²) in [5.74, 6) is -0.855. The Morgan fingerprint density at radius 3 is 2.77 bits per heavy atom. The predicted octanol–water partition coefficient (Wildman–Crippen LogP) is 1.81. The van der Waals surface area contributed by atoms with Crippen molar-refractivity contribution >= 4 is 16.9 Å². The smallest absolute Gasteiger partial charge is 0.337 e. The molecular formula is C17H23N3O2. The zero-order chi connectivity index (χ0) is 15.5. The minimum Gasteiger partial charge on any atom is -0.478 e. The molecule has 3 rings (SSSR count). The Kier molecular flexibility index (Phi) is 4.45. The van der Waals surface area contributed by atoms with Gasteiger partial charge in [0.15, 0.2) is 0 Å². The molecule has 0 amide bonds. The van der Waals surface area contributed by atoms with E-state index < -0.39 is 5.97 Å². The fourth-order valence-electron chi connectivity index (χ4n) is 3.27. The van der Waals surface area contributed by atoms with Gasteiger partial charge in [0, 0.05) is 50.9 Å². The molecule has 2 aromatic rings. The lowest BCUT2D eigenvalue weighted by atomic mass is 10.1. The third kappa shape index (κ3) is 2.87. The molecule has 0 spiro atoms. The number of carboxylic acids is 1. The van der Waals surface area contributed by atoms with Crippen LogP contribution in [0.3, 0.4) is 0 Å². The fourth-order valence-corrected chi connectivity index (χ4v) is 3.27. The summed E-state index contributed by atoms with van der Waals surface area (Å²) in [7, 11) is 0. The summed E-state index contributed by atoms with van der Waals surface area (Å²) in [5.41, 5.74) is 2.50. The van der Waals surface area contributed by atoms with Crippen LogP contribution in [0.2, 0.25) is 0 Å². The lowest BCUT2D eigenvalue weighted by Crippen LogP contribution is -2.44. The number of fused-ring (bicyclic) bond motifs is 1. The van der Waals surface area contributed by atoms with Gasteiger partial charge in [-0.05, 0) is 25.0 Å². The molecule has 1 saturated heterocycles. The maximum Gasteiger partial charge on any atom is 0.337 e. The molecule has 2 heterocycles. The van der Waals surface area contributed by atoms with Crippen LogP contribution in [0.4, 0.5) is 0 Å². The summed E-state index contributed by atoms with van der Waals surface area (Å²) in [6.07, 6.45) is 3.09. The summed E-state index contributed by atoms with van der Waals surface area (Å²) in [6, 6.07) is 5.58. The second kappa shape index (κ2) is 6.50. The van der Waals surface area contributed by atoms with Gasteiger partial charge in [-0.1, -0.05) is 12.1 Å². The van der Waals surface area contributed by atoms with Gasteiger partial charge in [-0.15, -0.1) is 0 Å². The van der Waals surface area contributed by atoms with Crippen molar-refractivity contribution in [3.05, 3.63) is 35.5 Å². The molecule has 0 saturated carbocycles. The van der Waals surface area contributed by atoms with Gasteiger partial charge in [0.2, 0.25) is 0 Å². The third-order valence-electron chi connectivity index (χ3n) is 4.46. The van der Waals surface area contributed by atoms with Crippen molar-refractivity contribution in [2.45, 2.75) is 19.9 Å². The first-order valence-electron chi connectivity index (χ1n) is 7.97. The molecule has 0 radical (unpaired) electrons. The van der Waals surface area contributed by atoms with E-state index in [-0.39, 0.29) is 0 Å². The number of para-hydroxylation sites is 1. The highest BCUT2D eigenvalue weighted by molar-refractivity contribution is 6.03. The van der Waals surface area contributed by atoms with E-state index in [4.69, 9.17) is 0 Å². The molecule has 0 aliphatic carbocycles. The van der Waals surface area contributed by atoms with E-state index >= 15 is 0 Å². The Balaban J connectivity index is 1.89. The van der Waals surface area contributed by atoms with Gasteiger partial charge in [0.1, 0.15) is 0 Å². The molecule has 5 nitrogen and oxygen atoms in total. The van der Waals surface area contributed by atoms with E-state index in [0.29, 0.717) is 5.56 Å². The number of hydrogen-bond acceptors (Lipinski definition) is 3. The van der Waals surface area contributed by atoms with Crippen LogP contribution in [0.15, 0.2) is 24.4 Å². The highest BCUT2D eigenvalue weighted by atomic mass is 16.4. The van der Waals surface area contributed by atoms with Gasteiger partial charge in [-0.25, -0.2) is 4.79 Å². The fraction of sp³-hybridized carbons (Fsp3) is 0.471. The summed E-state index contributed by atoms with van der Waals surface area (Å²) in [6.45, 7) is 8.16. The zero-order valence-electron chi connectivity index (χ0n) is 13.0. The number of nitrogens with zero attached hydrogens (tertiary/aromatic N) is 2. The van der Waals surface area contributed by atoms with Crippen LogP contribution in [0, 0.1) is 0 Å². The standard InChI is InChI=1S/C17H23N3O2/c1-2-20-12-13(6-9-19-10-7-18-8-11-19)14-4-3-5-15(16(14)20)17(21)22/h3-5,12,18H,2,6-11H2,1H3,(H,21,22). The van der Waals surface area contributed by atoms with E-state index in [2.05, 4.69) is 27.9 Å². The molecular weight excluding hydrogens is 278 g/mol. The van der Waals surface area contributed by atoms with Crippen molar-refractivity contribution in [1.29, 1.82) is 0 Å². The number of rotatable bonds is 5. The molecule has 1 aliphatic rings. The van der Waals surface area contributed by atoms with Crippen molar-refractivity contribution in [3.63, 3.8) is 0 Å². The van der Waals surface area contributed by atoms with Crippen LogP contribution in [0.5, 0.6) is 0 Å². The number of nitrogens with one attached hydrogen (secondary N) is 1. The first-order chi connectivity index (χ1) is 10.7. The van der Waals surface area contributed by atoms with Crippen LogP contribution in [0.25, 0.3) is 10.9 Å². The van der Waals surface area contributed by atoms with Crippen LogP contribution in [0.1, 0.15) is 22.8 Å². The van der Waals surface area contributed by atoms with Gasteiger partial charge < -0.3 is 19.9 Å². The average Bonchev–Trinajstić information content (AvgIpc) is 2.92. The Morgan fingerprint density at radius 1 is 1.32 bits per heavy atom. The second-order valence-electron chi connectivity index (χ2n) is 5.79. The summed E-state index contributed by atoms with van der Waals surface area (Å²) < 4.78 is 2.06. The molecule has 1 fully saturated rings. The SMILES string of the molecule is CCn1cc(CCN2CCNCC2)c2cccc(C(=O)O)c21. The molecule has 0 bridgehead atoms. The molecule has 22 heavy (non-hydrogen) atoms. The van der Waals surface area contributed by atoms with Crippen LogP contribution in [-0.4, -0.2) is 53.3 Å². The Morgan fingerprint density at radius 2 is 2.09 bits per heavy atom. The van der Waals surface area contributed by atoms with Crippen LogP contribution < -0.4 is 5.32 Å². The summed E-state index contributed by atoms with van der Waals surface area (Å²) >= 11 is 0. The molecule has 1 aromatic carbocycles. The van der Waals surface area contributed by atoms with Gasteiger partial charge in [0.25, 0.3) is 0 Å². The Bertz CT molecular complexity index is 672. The van der Waals surface area contributed by atoms with Crippen molar-refractivity contribution in [1.82, 2.24) is 14.8 Å². The lowest BCUT2D eigenvalue weighted by molar-refractivity contribution is 0.0698. The Hall–Kier alpha value is -1.85. The lowest BCUT2D eigenvalue weighted by Gasteiger charge is -2.26. The van der Waals surface area contributed by atoms with E-state index in [1.807, 2.05) is 12.1 Å². The van der Waals surface area contributed by atoms with Gasteiger partial charge in [0.05, 0.1) is 11.1 Å². The van der Waals surface area contributed by atoms with Gasteiger partial charge in [-0.3, -0.25) is 0 Å². The maximum atomic E-state index is 11.5. The predicted molar refractivity (Wildman–Crippen MR) is 87.6 cm³/mol. The van der Waals surface area contributed by atoms with E-state index in [0.717, 1.165) is 56.6 Å². The van der Waals surface area contributed by atoms with Gasteiger partial charge >= 0.3 is 5.97 Å². The maximum absolute atomic E-state index is 11.5. The monoisotopic (exact) mass is 301 g/mol. The summed E-state index contributed by atoms with van der Waals surface area (Å²) in [5, 5.41) is 13.9. The number of aromatic carboxylic acids is 1. The second-order valence-corrected chi connectivity index (χ2v) is 5.79. The number of benzene rings is 1. The molecule has 118 valence electrons. The zero-order valence-corrected chi connectivity index (χ0v) is 13.0. The quantitative estimate of drug-likeness (QED) is 0.884. The number of piperazine rings is 1. The molecule has 1 aromatic heterocycles. The van der Waals surface area contributed by atoms with Gasteiger partial charge in [-0.2, -0.15) is 0 Å². The van der Waals surface area contributed by atoms with Crippen molar-refractivity contribution in [3.8, 4) is 0 Å². The number of aryl methyl sites for hydroxylation is 1. The number of hydrogen-bond donors (Lipinski definition) is 2. The first kappa shape index (κ1) is 15.1. The number of aromatic nitrogens is 1. The summed E-state index contributed by atoms with van der Waals surface area (Å²) in [4.78, 5) is 13.9. The van der Waals surface area contributed by atoms with E-state index in [1.165, 1.54) is 5.56 Å². The van der Waals surface area contributed by atoms with E-state index in [1.54, 1.807) is 6.07 Å². The Labute approximate surface area is 130 Å². The van der Waals surface area contributed by atoms with Crippen LogP contribution >= 0.6 is 0 Å². The topological polar surface area (TPSA) is 57.5 Å². The minimum atomic E-state index is -0.855.